The lowest BCUT2D eigenvalue weighted by Crippen LogP contribution is -2.10. The van der Waals surface area contributed by atoms with Crippen LogP contribution < -0.4 is 5.32 Å². The maximum Gasteiger partial charge on any atom is 0.433 e. The van der Waals surface area contributed by atoms with E-state index in [1.54, 1.807) is 36.4 Å². The van der Waals surface area contributed by atoms with Crippen LogP contribution in [0.5, 0.6) is 0 Å². The summed E-state index contributed by atoms with van der Waals surface area (Å²) in [5, 5.41) is 13.8. The van der Waals surface area contributed by atoms with Crippen LogP contribution >= 0.6 is 11.6 Å². The van der Waals surface area contributed by atoms with E-state index >= 15 is 0 Å². The number of furan rings is 1. The third kappa shape index (κ3) is 3.38. The van der Waals surface area contributed by atoms with Crippen molar-refractivity contribution in [2.75, 3.05) is 5.32 Å². The number of amides is 1. The average molecular weight is 384 g/mol. The number of hydrogen-bond donors (Lipinski definition) is 1. The number of nitro groups is 1. The van der Waals surface area contributed by atoms with Gasteiger partial charge in [0.05, 0.1) is 6.07 Å². The molecular weight excluding hydrogens is 374 g/mol. The Morgan fingerprint density at radius 3 is 2.70 bits per heavy atom. The van der Waals surface area contributed by atoms with Gasteiger partial charge in [0.1, 0.15) is 10.4 Å². The predicted octanol–water partition coefficient (Wildman–Crippen LogP) is 4.90. The number of benzene rings is 2. The van der Waals surface area contributed by atoms with Crippen molar-refractivity contribution in [2.45, 2.75) is 0 Å². The van der Waals surface area contributed by atoms with Gasteiger partial charge in [0, 0.05) is 16.3 Å². The van der Waals surface area contributed by atoms with E-state index in [9.17, 15) is 14.9 Å². The van der Waals surface area contributed by atoms with Crippen LogP contribution in [0.1, 0.15) is 10.6 Å². The lowest BCUT2D eigenvalue weighted by molar-refractivity contribution is -0.402. The van der Waals surface area contributed by atoms with Gasteiger partial charge < -0.3 is 14.2 Å². The van der Waals surface area contributed by atoms with E-state index in [-0.39, 0.29) is 5.76 Å². The van der Waals surface area contributed by atoms with Crippen LogP contribution in [0.15, 0.2) is 63.4 Å². The molecule has 4 aromatic rings. The van der Waals surface area contributed by atoms with Crippen LogP contribution in [-0.4, -0.2) is 15.8 Å². The van der Waals surface area contributed by atoms with Crippen molar-refractivity contribution in [1.29, 1.82) is 0 Å². The normalized spacial score (nSPS) is 10.9. The fourth-order valence-corrected chi connectivity index (χ4v) is 2.68. The topological polar surface area (TPSA) is 111 Å². The maximum absolute atomic E-state index is 12.2. The van der Waals surface area contributed by atoms with Crippen molar-refractivity contribution in [3.8, 4) is 11.5 Å². The van der Waals surface area contributed by atoms with Crippen molar-refractivity contribution in [3.05, 3.63) is 75.5 Å². The second kappa shape index (κ2) is 6.58. The SMILES string of the molecule is O=C(Nc1ccc2oc(-c3cccc(Cl)c3)nc2c1)c1ccc([N+](=O)[O-])o1. The molecule has 0 radical (unpaired) electrons. The van der Waals surface area contributed by atoms with E-state index < -0.39 is 16.7 Å². The Kier molecular flexibility index (Phi) is 4.09. The lowest BCUT2D eigenvalue weighted by atomic mass is 10.2. The molecule has 0 aliphatic heterocycles. The number of fused-ring (bicyclic) bond motifs is 1. The fourth-order valence-electron chi connectivity index (χ4n) is 2.49. The zero-order valence-corrected chi connectivity index (χ0v) is 14.3. The largest absolute Gasteiger partial charge is 0.436 e. The van der Waals surface area contributed by atoms with E-state index in [2.05, 4.69) is 10.3 Å². The fraction of sp³-hybridized carbons (Fsp3) is 0. The summed E-state index contributed by atoms with van der Waals surface area (Å²) in [5.74, 6) is -0.876. The summed E-state index contributed by atoms with van der Waals surface area (Å²) in [5.41, 5.74) is 2.24. The monoisotopic (exact) mass is 383 g/mol. The molecule has 0 saturated carbocycles. The second-order valence-electron chi connectivity index (χ2n) is 5.56. The first-order valence-corrected chi connectivity index (χ1v) is 8.09. The summed E-state index contributed by atoms with van der Waals surface area (Å²) in [7, 11) is 0. The van der Waals surface area contributed by atoms with Gasteiger partial charge in [-0.25, -0.2) is 4.98 Å². The molecule has 1 amide bonds. The molecule has 9 heteroatoms. The molecule has 0 unspecified atom stereocenters. The molecule has 8 nitrogen and oxygen atoms in total. The molecule has 2 heterocycles. The molecule has 1 N–H and O–H groups in total. The lowest BCUT2D eigenvalue weighted by Gasteiger charge is -2.01. The van der Waals surface area contributed by atoms with Gasteiger partial charge in [0.25, 0.3) is 5.91 Å². The minimum Gasteiger partial charge on any atom is -0.436 e. The predicted molar refractivity (Wildman–Crippen MR) is 97.8 cm³/mol. The summed E-state index contributed by atoms with van der Waals surface area (Å²) in [6.07, 6.45) is 0. The van der Waals surface area contributed by atoms with Gasteiger partial charge in [-0.15, -0.1) is 0 Å². The molecular formula is C18H10ClN3O5. The number of nitrogens with one attached hydrogen (secondary N) is 1. The Balaban J connectivity index is 1.59. The summed E-state index contributed by atoms with van der Waals surface area (Å²) < 4.78 is 10.6. The minimum atomic E-state index is -0.713. The molecule has 4 rings (SSSR count). The maximum atomic E-state index is 12.2. The van der Waals surface area contributed by atoms with E-state index in [1.165, 1.54) is 6.07 Å². The Labute approximate surface area is 156 Å². The number of oxazole rings is 1. The Hall–Kier alpha value is -3.65. The number of aromatic nitrogens is 1. The van der Waals surface area contributed by atoms with Crippen LogP contribution in [-0.2, 0) is 0 Å². The van der Waals surface area contributed by atoms with Crippen molar-refractivity contribution in [2.24, 2.45) is 0 Å². The summed E-state index contributed by atoms with van der Waals surface area (Å²) >= 11 is 5.99. The number of nitrogens with zero attached hydrogens (tertiary/aromatic N) is 2. The first-order chi connectivity index (χ1) is 13.0. The van der Waals surface area contributed by atoms with Gasteiger partial charge in [-0.2, -0.15) is 0 Å². The second-order valence-corrected chi connectivity index (χ2v) is 6.00. The number of carbonyl (C=O) groups excluding carboxylic acids is 1. The van der Waals surface area contributed by atoms with E-state index in [4.69, 9.17) is 20.4 Å². The molecule has 27 heavy (non-hydrogen) atoms. The Bertz CT molecular complexity index is 1180. The highest BCUT2D eigenvalue weighted by molar-refractivity contribution is 6.30. The van der Waals surface area contributed by atoms with E-state index in [1.807, 2.05) is 6.07 Å². The molecule has 2 aromatic heterocycles. The van der Waals surface area contributed by atoms with Crippen LogP contribution in [0.2, 0.25) is 5.02 Å². The van der Waals surface area contributed by atoms with Crippen molar-refractivity contribution in [3.63, 3.8) is 0 Å². The van der Waals surface area contributed by atoms with Crippen LogP contribution in [0.25, 0.3) is 22.6 Å². The van der Waals surface area contributed by atoms with Crippen molar-refractivity contribution >= 4 is 40.2 Å². The molecule has 0 saturated heterocycles. The van der Waals surface area contributed by atoms with E-state index in [0.29, 0.717) is 27.7 Å². The molecule has 134 valence electrons. The zero-order chi connectivity index (χ0) is 19.0. The van der Waals surface area contributed by atoms with Gasteiger partial charge in [-0.05, 0) is 42.5 Å². The molecule has 0 atom stereocenters. The van der Waals surface area contributed by atoms with Crippen molar-refractivity contribution < 1.29 is 18.6 Å². The third-order valence-corrected chi connectivity index (χ3v) is 3.95. The average Bonchev–Trinajstić information content (AvgIpc) is 3.28. The highest BCUT2D eigenvalue weighted by Gasteiger charge is 2.18. The standard InChI is InChI=1S/C18H10ClN3O5/c19-11-3-1-2-10(8-11)18-21-13-9-12(4-5-14(13)27-18)20-17(23)15-6-7-16(26-15)22(24)25/h1-9H,(H,20,23). The number of anilines is 1. The smallest absolute Gasteiger partial charge is 0.433 e. The third-order valence-electron chi connectivity index (χ3n) is 3.71. The van der Waals surface area contributed by atoms with E-state index in [0.717, 1.165) is 11.6 Å². The van der Waals surface area contributed by atoms with Crippen LogP contribution in [0, 0.1) is 10.1 Å². The van der Waals surface area contributed by atoms with Crippen LogP contribution in [0.3, 0.4) is 0 Å². The van der Waals surface area contributed by atoms with Gasteiger partial charge in [0.2, 0.25) is 5.89 Å². The van der Waals surface area contributed by atoms with Gasteiger partial charge in [0.15, 0.2) is 11.3 Å². The Morgan fingerprint density at radius 2 is 1.96 bits per heavy atom. The molecule has 0 aliphatic carbocycles. The van der Waals surface area contributed by atoms with Crippen LogP contribution in [0.4, 0.5) is 11.6 Å². The molecule has 2 aromatic carbocycles. The number of rotatable bonds is 4. The highest BCUT2D eigenvalue weighted by Crippen LogP contribution is 2.28. The minimum absolute atomic E-state index is 0.165. The quantitative estimate of drug-likeness (QED) is 0.396. The summed E-state index contributed by atoms with van der Waals surface area (Å²) in [6, 6.07) is 14.4. The number of carbonyl (C=O) groups is 1. The molecule has 0 spiro atoms. The molecule has 0 aliphatic rings. The van der Waals surface area contributed by atoms with Gasteiger partial charge >= 0.3 is 5.88 Å². The molecule has 0 bridgehead atoms. The highest BCUT2D eigenvalue weighted by atomic mass is 35.5. The molecule has 0 fully saturated rings. The first kappa shape index (κ1) is 16.8. The summed E-state index contributed by atoms with van der Waals surface area (Å²) in [6.45, 7) is 0. The van der Waals surface area contributed by atoms with Gasteiger partial charge in [-0.1, -0.05) is 17.7 Å². The van der Waals surface area contributed by atoms with Gasteiger partial charge in [-0.3, -0.25) is 14.9 Å². The number of hydrogen-bond acceptors (Lipinski definition) is 6. The number of halogens is 1. The zero-order valence-electron chi connectivity index (χ0n) is 13.5. The first-order valence-electron chi connectivity index (χ1n) is 7.72. The summed E-state index contributed by atoms with van der Waals surface area (Å²) in [4.78, 5) is 26.5. The van der Waals surface area contributed by atoms with Crippen molar-refractivity contribution in [1.82, 2.24) is 4.98 Å². The Morgan fingerprint density at radius 1 is 1.11 bits per heavy atom.